The summed E-state index contributed by atoms with van der Waals surface area (Å²) in [5.41, 5.74) is 0.0726. The van der Waals surface area contributed by atoms with Gasteiger partial charge in [-0.15, -0.1) is 0 Å². The number of hydrogen-bond donors (Lipinski definition) is 0. The molecule has 3 aliphatic rings. The zero-order valence-corrected chi connectivity index (χ0v) is 19.3. The zero-order valence-electron chi connectivity index (χ0n) is 18.3. The maximum absolute atomic E-state index is 6.85. The van der Waals surface area contributed by atoms with Crippen molar-refractivity contribution in [3.63, 3.8) is 0 Å². The van der Waals surface area contributed by atoms with E-state index in [1.165, 1.54) is 64.2 Å². The van der Waals surface area contributed by atoms with E-state index in [1.54, 1.807) is 0 Å². The smallest absolute Gasteiger partial charge is 0.192 e. The van der Waals surface area contributed by atoms with Gasteiger partial charge in [-0.2, -0.15) is 5.06 Å². The van der Waals surface area contributed by atoms with E-state index in [-0.39, 0.29) is 10.6 Å². The molecule has 2 saturated carbocycles. The molecule has 1 aliphatic heterocycles. The Morgan fingerprint density at radius 2 is 1.69 bits per heavy atom. The Morgan fingerprint density at radius 1 is 1.04 bits per heavy atom. The Bertz CT molecular complexity index is 469. The van der Waals surface area contributed by atoms with Crippen molar-refractivity contribution in [2.45, 2.75) is 128 Å². The van der Waals surface area contributed by atoms with Gasteiger partial charge in [-0.1, -0.05) is 52.9 Å². The van der Waals surface area contributed by atoms with Gasteiger partial charge < -0.3 is 4.43 Å². The summed E-state index contributed by atoms with van der Waals surface area (Å²) >= 11 is 0. The van der Waals surface area contributed by atoms with Gasteiger partial charge in [0.05, 0.1) is 18.2 Å². The molecule has 3 rings (SSSR count). The summed E-state index contributed by atoms with van der Waals surface area (Å²) in [6, 6.07) is 1.06. The van der Waals surface area contributed by atoms with Crippen LogP contribution in [0.4, 0.5) is 0 Å². The molecule has 0 aromatic carbocycles. The van der Waals surface area contributed by atoms with E-state index in [4.69, 9.17) is 9.26 Å². The first-order valence-corrected chi connectivity index (χ1v) is 14.1. The van der Waals surface area contributed by atoms with Crippen molar-refractivity contribution < 1.29 is 9.26 Å². The first-order valence-electron chi connectivity index (χ1n) is 11.2. The topological polar surface area (TPSA) is 21.7 Å². The zero-order chi connectivity index (χ0) is 19.0. The lowest BCUT2D eigenvalue weighted by Crippen LogP contribution is -2.60. The first-order chi connectivity index (χ1) is 12.1. The molecule has 4 heteroatoms. The Labute approximate surface area is 163 Å². The normalized spacial score (nSPS) is 35.3. The van der Waals surface area contributed by atoms with Crippen molar-refractivity contribution in [2.75, 3.05) is 6.61 Å². The van der Waals surface area contributed by atoms with Crippen LogP contribution in [0.15, 0.2) is 0 Å². The standard InChI is InChI=1S/C22H43NO2Si/c1-21(2,3)26(5,6)24-17-20-16-18-12-10-11-15-22(18,4)25-23(20)19-13-8-7-9-14-19/h18-20H,7-17H2,1-6H3. The van der Waals surface area contributed by atoms with E-state index < -0.39 is 8.32 Å². The van der Waals surface area contributed by atoms with E-state index in [9.17, 15) is 0 Å². The molecule has 2 aliphatic carbocycles. The molecule has 3 unspecified atom stereocenters. The number of fused-ring (bicyclic) bond motifs is 1. The maximum atomic E-state index is 6.85. The summed E-state index contributed by atoms with van der Waals surface area (Å²) in [5.74, 6) is 0.712. The predicted molar refractivity (Wildman–Crippen MR) is 112 cm³/mol. The Morgan fingerprint density at radius 3 is 2.35 bits per heavy atom. The highest BCUT2D eigenvalue weighted by atomic mass is 28.4. The molecule has 0 radical (unpaired) electrons. The van der Waals surface area contributed by atoms with E-state index >= 15 is 0 Å². The van der Waals surface area contributed by atoms with Crippen LogP contribution in [0, 0.1) is 5.92 Å². The third-order valence-corrected chi connectivity index (χ3v) is 12.4. The average Bonchev–Trinajstić information content (AvgIpc) is 2.59. The Hall–Kier alpha value is 0.0969. The minimum Gasteiger partial charge on any atom is -0.415 e. The average molecular weight is 382 g/mol. The van der Waals surface area contributed by atoms with Crippen molar-refractivity contribution >= 4 is 8.32 Å². The molecule has 0 N–H and O–H groups in total. The van der Waals surface area contributed by atoms with Crippen LogP contribution in [0.1, 0.15) is 91.9 Å². The third-order valence-electron chi connectivity index (χ3n) is 7.95. The fourth-order valence-electron chi connectivity index (χ4n) is 4.98. The van der Waals surface area contributed by atoms with Crippen LogP contribution in [0.5, 0.6) is 0 Å². The van der Waals surface area contributed by atoms with Crippen LogP contribution < -0.4 is 0 Å². The third kappa shape index (κ3) is 4.39. The summed E-state index contributed by atoms with van der Waals surface area (Å²) in [7, 11) is -1.71. The highest BCUT2D eigenvalue weighted by Crippen LogP contribution is 2.46. The quantitative estimate of drug-likeness (QED) is 0.534. The molecular formula is C22H43NO2Si. The Kier molecular flexibility index (Phi) is 6.28. The SMILES string of the molecule is CC12CCCCC1CC(CO[Si](C)(C)C(C)(C)C)N(C1CCCCC1)O2. The van der Waals surface area contributed by atoms with Crippen molar-refractivity contribution in [1.82, 2.24) is 5.06 Å². The molecule has 0 spiro atoms. The van der Waals surface area contributed by atoms with Crippen LogP contribution in [-0.2, 0) is 9.26 Å². The number of hydrogen-bond acceptors (Lipinski definition) is 3. The summed E-state index contributed by atoms with van der Waals surface area (Å²) in [4.78, 5) is 6.85. The molecule has 152 valence electrons. The highest BCUT2D eigenvalue weighted by Gasteiger charge is 2.49. The van der Waals surface area contributed by atoms with Gasteiger partial charge in [0.1, 0.15) is 0 Å². The van der Waals surface area contributed by atoms with Crippen molar-refractivity contribution in [1.29, 1.82) is 0 Å². The van der Waals surface area contributed by atoms with Gasteiger partial charge in [0.15, 0.2) is 8.32 Å². The van der Waals surface area contributed by atoms with Crippen molar-refractivity contribution in [3.05, 3.63) is 0 Å². The molecule has 3 nitrogen and oxygen atoms in total. The molecule has 0 bridgehead atoms. The van der Waals surface area contributed by atoms with E-state index in [0.29, 0.717) is 18.0 Å². The minimum atomic E-state index is -1.71. The molecule has 26 heavy (non-hydrogen) atoms. The van der Waals surface area contributed by atoms with E-state index in [2.05, 4.69) is 45.9 Å². The number of rotatable bonds is 4. The molecule has 0 aromatic rings. The molecule has 1 saturated heterocycles. The van der Waals surface area contributed by atoms with Crippen LogP contribution >= 0.6 is 0 Å². The molecule has 3 fully saturated rings. The second-order valence-electron chi connectivity index (χ2n) is 11.0. The number of nitrogens with zero attached hydrogens (tertiary/aromatic N) is 1. The highest BCUT2D eigenvalue weighted by molar-refractivity contribution is 6.74. The molecule has 0 amide bonds. The summed E-state index contributed by atoms with van der Waals surface area (Å²) in [6.45, 7) is 15.0. The van der Waals surface area contributed by atoms with Crippen LogP contribution in [0.25, 0.3) is 0 Å². The summed E-state index contributed by atoms with van der Waals surface area (Å²) in [5, 5.41) is 2.73. The maximum Gasteiger partial charge on any atom is 0.192 e. The fourth-order valence-corrected chi connectivity index (χ4v) is 6.02. The lowest BCUT2D eigenvalue weighted by molar-refractivity contribution is -0.337. The molecule has 0 aromatic heterocycles. The van der Waals surface area contributed by atoms with Gasteiger partial charge in [-0.3, -0.25) is 4.84 Å². The largest absolute Gasteiger partial charge is 0.415 e. The summed E-state index contributed by atoms with van der Waals surface area (Å²) < 4.78 is 6.68. The first kappa shape index (κ1) is 20.8. The molecule has 3 atom stereocenters. The van der Waals surface area contributed by atoms with Gasteiger partial charge in [0.2, 0.25) is 0 Å². The second kappa shape index (κ2) is 7.85. The van der Waals surface area contributed by atoms with Crippen molar-refractivity contribution in [3.8, 4) is 0 Å². The Balaban J connectivity index is 1.73. The lowest BCUT2D eigenvalue weighted by Gasteiger charge is -2.54. The summed E-state index contributed by atoms with van der Waals surface area (Å²) in [6.07, 6.45) is 13.3. The van der Waals surface area contributed by atoms with Crippen LogP contribution in [0.2, 0.25) is 18.1 Å². The van der Waals surface area contributed by atoms with Gasteiger partial charge >= 0.3 is 0 Å². The predicted octanol–water partition coefficient (Wildman–Crippen LogP) is 6.30. The van der Waals surface area contributed by atoms with E-state index in [0.717, 1.165) is 6.61 Å². The van der Waals surface area contributed by atoms with Gasteiger partial charge in [0, 0.05) is 6.04 Å². The van der Waals surface area contributed by atoms with Crippen LogP contribution in [-0.4, -0.2) is 37.7 Å². The lowest BCUT2D eigenvalue weighted by atomic mass is 9.72. The van der Waals surface area contributed by atoms with E-state index in [1.807, 2.05) is 0 Å². The van der Waals surface area contributed by atoms with Crippen LogP contribution in [0.3, 0.4) is 0 Å². The minimum absolute atomic E-state index is 0.0726. The van der Waals surface area contributed by atoms with Gasteiger partial charge in [-0.25, -0.2) is 0 Å². The second-order valence-corrected chi connectivity index (χ2v) is 15.8. The number of hydroxylamine groups is 2. The van der Waals surface area contributed by atoms with Gasteiger partial charge in [0.25, 0.3) is 0 Å². The van der Waals surface area contributed by atoms with Crippen molar-refractivity contribution in [2.24, 2.45) is 5.92 Å². The molecular weight excluding hydrogens is 338 g/mol. The molecule has 1 heterocycles. The fraction of sp³-hybridized carbons (Fsp3) is 1.00. The van der Waals surface area contributed by atoms with Gasteiger partial charge in [-0.05, 0) is 63.1 Å². The monoisotopic (exact) mass is 381 g/mol.